The summed E-state index contributed by atoms with van der Waals surface area (Å²) in [6.07, 6.45) is 1.54. The van der Waals surface area contributed by atoms with Crippen LogP contribution in [0.3, 0.4) is 0 Å². The lowest BCUT2D eigenvalue weighted by atomic mass is 9.97. The molecular weight excluding hydrogens is 330 g/mol. The quantitative estimate of drug-likeness (QED) is 0.882. The minimum Gasteiger partial charge on any atom is -0.457 e. The van der Waals surface area contributed by atoms with Crippen molar-refractivity contribution in [1.82, 2.24) is 4.90 Å². The summed E-state index contributed by atoms with van der Waals surface area (Å²) in [5, 5.41) is 2.90. The fourth-order valence-corrected chi connectivity index (χ4v) is 3.06. The maximum atomic E-state index is 12.4. The zero-order chi connectivity index (χ0) is 18.5. The molecule has 1 atom stereocenters. The fourth-order valence-electron chi connectivity index (χ4n) is 3.06. The largest absolute Gasteiger partial charge is 0.457 e. The van der Waals surface area contributed by atoms with Crippen LogP contribution in [-0.2, 0) is 4.79 Å². The van der Waals surface area contributed by atoms with Gasteiger partial charge in [-0.15, -0.1) is 0 Å². The normalized spacial score (nSPS) is 16.8. The molecule has 2 aromatic carbocycles. The number of amides is 3. The van der Waals surface area contributed by atoms with Gasteiger partial charge in [-0.25, -0.2) is 4.79 Å². The van der Waals surface area contributed by atoms with Crippen molar-refractivity contribution in [2.24, 2.45) is 11.7 Å². The molecule has 1 fully saturated rings. The number of hydrogen-bond acceptors (Lipinski definition) is 3. The number of nitrogens with two attached hydrogens (primary N) is 1. The molecule has 0 radical (unpaired) electrons. The highest BCUT2D eigenvalue weighted by Gasteiger charge is 2.27. The third-order valence-electron chi connectivity index (χ3n) is 4.45. The van der Waals surface area contributed by atoms with E-state index >= 15 is 0 Å². The minimum absolute atomic E-state index is 0.0942. The number of nitrogens with zero attached hydrogens (tertiary/aromatic N) is 1. The first-order valence-corrected chi connectivity index (χ1v) is 8.71. The van der Waals surface area contributed by atoms with Crippen molar-refractivity contribution >= 4 is 17.6 Å². The smallest absolute Gasteiger partial charge is 0.314 e. The van der Waals surface area contributed by atoms with Crippen LogP contribution in [0.25, 0.3) is 0 Å². The lowest BCUT2D eigenvalue weighted by Crippen LogP contribution is -2.46. The highest BCUT2D eigenvalue weighted by Crippen LogP contribution is 2.24. The zero-order valence-corrected chi connectivity index (χ0v) is 14.8. The molecule has 2 aromatic rings. The van der Waals surface area contributed by atoms with Crippen molar-refractivity contribution in [3.63, 3.8) is 0 Å². The fraction of sp³-hybridized carbons (Fsp3) is 0.300. The van der Waals surface area contributed by atoms with Gasteiger partial charge >= 0.3 is 6.03 Å². The Balaban J connectivity index is 1.58. The van der Waals surface area contributed by atoms with Crippen molar-refractivity contribution in [3.05, 3.63) is 54.1 Å². The Morgan fingerprint density at radius 2 is 1.92 bits per heavy atom. The number of anilines is 1. The summed E-state index contributed by atoms with van der Waals surface area (Å²) in [7, 11) is 0. The van der Waals surface area contributed by atoms with Crippen molar-refractivity contribution in [3.8, 4) is 11.5 Å². The van der Waals surface area contributed by atoms with Gasteiger partial charge in [0.2, 0.25) is 5.91 Å². The Kier molecular flexibility index (Phi) is 5.41. The van der Waals surface area contributed by atoms with Crippen LogP contribution in [0.1, 0.15) is 18.4 Å². The molecule has 26 heavy (non-hydrogen) atoms. The predicted octanol–water partition coefficient (Wildman–Crippen LogP) is 3.52. The summed E-state index contributed by atoms with van der Waals surface area (Å²) in [6.45, 7) is 3.00. The van der Waals surface area contributed by atoms with E-state index in [-0.39, 0.29) is 11.8 Å². The van der Waals surface area contributed by atoms with E-state index in [1.165, 1.54) is 4.90 Å². The maximum Gasteiger partial charge on any atom is 0.314 e. The van der Waals surface area contributed by atoms with Gasteiger partial charge in [0.05, 0.1) is 5.92 Å². The number of nitrogens with one attached hydrogen (secondary N) is 1. The van der Waals surface area contributed by atoms with E-state index in [1.54, 1.807) is 12.1 Å². The molecular formula is C20H23N3O3. The second-order valence-corrected chi connectivity index (χ2v) is 6.56. The molecule has 1 saturated heterocycles. The number of carbonyl (C=O) groups excluding carboxylic acids is 2. The van der Waals surface area contributed by atoms with Gasteiger partial charge in [-0.1, -0.05) is 12.1 Å². The monoisotopic (exact) mass is 353 g/mol. The van der Waals surface area contributed by atoms with Crippen LogP contribution in [0.2, 0.25) is 0 Å². The van der Waals surface area contributed by atoms with E-state index in [4.69, 9.17) is 10.5 Å². The van der Waals surface area contributed by atoms with Gasteiger partial charge in [0.25, 0.3) is 0 Å². The molecule has 0 aromatic heterocycles. The van der Waals surface area contributed by atoms with Gasteiger partial charge in [0.1, 0.15) is 11.5 Å². The van der Waals surface area contributed by atoms with E-state index in [2.05, 4.69) is 5.32 Å². The SMILES string of the molecule is Cc1cccc(Oc2ccc(NC(=O)C3CCCN(C(N)=O)C3)cc2)c1. The van der Waals surface area contributed by atoms with E-state index in [1.807, 2.05) is 43.3 Å². The Morgan fingerprint density at radius 1 is 1.15 bits per heavy atom. The summed E-state index contributed by atoms with van der Waals surface area (Å²) in [4.78, 5) is 25.2. The number of rotatable bonds is 4. The number of carbonyl (C=O) groups is 2. The molecule has 0 spiro atoms. The average Bonchev–Trinajstić information content (AvgIpc) is 2.63. The predicted molar refractivity (Wildman–Crippen MR) is 100 cm³/mol. The van der Waals surface area contributed by atoms with Crippen LogP contribution >= 0.6 is 0 Å². The molecule has 0 bridgehead atoms. The number of piperidine rings is 1. The Labute approximate surface area is 152 Å². The number of urea groups is 1. The van der Waals surface area contributed by atoms with E-state index in [9.17, 15) is 9.59 Å². The van der Waals surface area contributed by atoms with Crippen LogP contribution < -0.4 is 15.8 Å². The second kappa shape index (κ2) is 7.91. The van der Waals surface area contributed by atoms with Gasteiger partial charge < -0.3 is 20.7 Å². The first-order chi connectivity index (χ1) is 12.5. The highest BCUT2D eigenvalue weighted by atomic mass is 16.5. The number of hydrogen-bond donors (Lipinski definition) is 2. The first-order valence-electron chi connectivity index (χ1n) is 8.71. The molecule has 0 aliphatic carbocycles. The van der Waals surface area contributed by atoms with Crippen LogP contribution in [0.15, 0.2) is 48.5 Å². The summed E-state index contributed by atoms with van der Waals surface area (Å²) in [5.41, 5.74) is 7.14. The standard InChI is InChI=1S/C20H23N3O3/c1-14-4-2-6-18(12-14)26-17-9-7-16(8-10-17)22-19(24)15-5-3-11-23(13-15)20(21)25/h2,4,6-10,12,15H,3,5,11,13H2,1H3,(H2,21,25)(H,22,24). The van der Waals surface area contributed by atoms with Gasteiger partial charge in [-0.05, 0) is 61.7 Å². The summed E-state index contributed by atoms with van der Waals surface area (Å²) in [5.74, 6) is 1.14. The lowest BCUT2D eigenvalue weighted by Gasteiger charge is -2.30. The third kappa shape index (κ3) is 4.53. The number of benzene rings is 2. The average molecular weight is 353 g/mol. The molecule has 1 unspecified atom stereocenters. The zero-order valence-electron chi connectivity index (χ0n) is 14.8. The molecule has 1 aliphatic rings. The lowest BCUT2D eigenvalue weighted by molar-refractivity contribution is -0.121. The van der Waals surface area contributed by atoms with E-state index in [0.29, 0.717) is 24.5 Å². The number of ether oxygens (including phenoxy) is 1. The molecule has 3 rings (SSSR count). The van der Waals surface area contributed by atoms with Crippen molar-refractivity contribution < 1.29 is 14.3 Å². The van der Waals surface area contributed by atoms with E-state index in [0.717, 1.165) is 24.2 Å². The molecule has 6 nitrogen and oxygen atoms in total. The Hall–Kier alpha value is -3.02. The minimum atomic E-state index is -0.472. The van der Waals surface area contributed by atoms with Crippen molar-refractivity contribution in [1.29, 1.82) is 0 Å². The van der Waals surface area contributed by atoms with Crippen molar-refractivity contribution in [2.45, 2.75) is 19.8 Å². The molecule has 3 amide bonds. The third-order valence-corrected chi connectivity index (χ3v) is 4.45. The molecule has 6 heteroatoms. The van der Waals surface area contributed by atoms with Crippen molar-refractivity contribution in [2.75, 3.05) is 18.4 Å². The Morgan fingerprint density at radius 3 is 2.62 bits per heavy atom. The molecule has 3 N–H and O–H groups in total. The first kappa shape index (κ1) is 17.8. The van der Waals surface area contributed by atoms with Gasteiger partial charge in [-0.2, -0.15) is 0 Å². The highest BCUT2D eigenvalue weighted by molar-refractivity contribution is 5.93. The van der Waals surface area contributed by atoms with Crippen LogP contribution in [-0.4, -0.2) is 29.9 Å². The molecule has 1 aliphatic heterocycles. The van der Waals surface area contributed by atoms with Gasteiger partial charge in [-0.3, -0.25) is 4.79 Å². The number of primary amides is 1. The van der Waals surface area contributed by atoms with Gasteiger partial charge in [0, 0.05) is 18.8 Å². The summed E-state index contributed by atoms with van der Waals surface area (Å²) >= 11 is 0. The van der Waals surface area contributed by atoms with Crippen LogP contribution in [0, 0.1) is 12.8 Å². The van der Waals surface area contributed by atoms with E-state index < -0.39 is 6.03 Å². The summed E-state index contributed by atoms with van der Waals surface area (Å²) < 4.78 is 5.81. The number of aryl methyl sites for hydroxylation is 1. The maximum absolute atomic E-state index is 12.4. The molecule has 136 valence electrons. The van der Waals surface area contributed by atoms with Crippen LogP contribution in [0.4, 0.5) is 10.5 Å². The number of likely N-dealkylation sites (tertiary alicyclic amines) is 1. The van der Waals surface area contributed by atoms with Crippen LogP contribution in [0.5, 0.6) is 11.5 Å². The second-order valence-electron chi connectivity index (χ2n) is 6.56. The topological polar surface area (TPSA) is 84.7 Å². The molecule has 0 saturated carbocycles. The summed E-state index contributed by atoms with van der Waals surface area (Å²) in [6, 6.07) is 14.6. The Bertz CT molecular complexity index is 789. The molecule has 1 heterocycles. The van der Waals surface area contributed by atoms with Gasteiger partial charge in [0.15, 0.2) is 0 Å².